The molecule has 1 aromatic rings. The van der Waals surface area contributed by atoms with Crippen molar-refractivity contribution < 1.29 is 14.1 Å². The topological polar surface area (TPSA) is 111 Å². The summed E-state index contributed by atoms with van der Waals surface area (Å²) in [5.74, 6) is 0.681. The maximum atomic E-state index is 12.6. The number of amides is 3. The highest BCUT2D eigenvalue weighted by atomic mass is 16.5. The minimum Gasteiger partial charge on any atom is -0.361 e. The van der Waals surface area contributed by atoms with Crippen molar-refractivity contribution in [1.29, 1.82) is 5.26 Å². The first-order valence-corrected chi connectivity index (χ1v) is 9.15. The number of carbonyl (C=O) groups excluding carboxylic acids is 2. The van der Waals surface area contributed by atoms with Crippen LogP contribution in [0.15, 0.2) is 10.6 Å². The number of hydrogen-bond donors (Lipinski definition) is 2. The number of nitrogens with zero attached hydrogens (tertiary/aromatic N) is 3. The van der Waals surface area contributed by atoms with Gasteiger partial charge in [-0.3, -0.25) is 4.79 Å². The van der Waals surface area contributed by atoms with Crippen molar-refractivity contribution in [2.45, 2.75) is 46.6 Å². The summed E-state index contributed by atoms with van der Waals surface area (Å²) in [5, 5.41) is 17.9. The Morgan fingerprint density at radius 3 is 2.67 bits per heavy atom. The summed E-state index contributed by atoms with van der Waals surface area (Å²) in [6.07, 6.45) is 3.21. The van der Waals surface area contributed by atoms with Crippen LogP contribution < -0.4 is 10.6 Å². The molecule has 1 aliphatic rings. The molecule has 146 valence electrons. The van der Waals surface area contributed by atoms with Gasteiger partial charge >= 0.3 is 6.03 Å². The number of rotatable bonds is 6. The maximum Gasteiger partial charge on any atom is 0.318 e. The van der Waals surface area contributed by atoms with Crippen molar-refractivity contribution in [3.8, 4) is 6.07 Å². The second-order valence-electron chi connectivity index (χ2n) is 7.13. The van der Waals surface area contributed by atoms with Crippen molar-refractivity contribution in [2.24, 2.45) is 5.92 Å². The molecule has 0 fully saturated rings. The van der Waals surface area contributed by atoms with Gasteiger partial charge < -0.3 is 20.1 Å². The van der Waals surface area contributed by atoms with Crippen molar-refractivity contribution >= 4 is 17.5 Å². The van der Waals surface area contributed by atoms with Gasteiger partial charge in [-0.15, -0.1) is 0 Å². The Hall–Kier alpha value is -2.82. The Kier molecular flexibility index (Phi) is 6.99. The number of carbonyl (C=O) groups is 2. The van der Waals surface area contributed by atoms with E-state index in [0.717, 1.165) is 22.6 Å². The standard InChI is InChI=1S/C19H27N5O3/c1-12(2)11-16(18(25)21-8-7-20)22-19(26)24-9-5-15(6-10-24)17-13(3)23-27-14(17)4/h5,12,16H,6,8-11H2,1-4H3,(H,21,25)(H,22,26). The lowest BCUT2D eigenvalue weighted by molar-refractivity contribution is -0.123. The fourth-order valence-corrected chi connectivity index (χ4v) is 3.22. The van der Waals surface area contributed by atoms with Gasteiger partial charge in [-0.25, -0.2) is 4.79 Å². The Balaban J connectivity index is 2.00. The third-order valence-corrected chi connectivity index (χ3v) is 4.51. The van der Waals surface area contributed by atoms with E-state index in [1.807, 2.05) is 39.8 Å². The molecule has 1 aliphatic heterocycles. The van der Waals surface area contributed by atoms with Gasteiger partial charge in [-0.1, -0.05) is 25.1 Å². The number of aromatic nitrogens is 1. The summed E-state index contributed by atoms with van der Waals surface area (Å²) in [5.41, 5.74) is 2.99. The molecule has 2 rings (SSSR count). The highest BCUT2D eigenvalue weighted by Gasteiger charge is 2.26. The van der Waals surface area contributed by atoms with Crippen LogP contribution in [0.4, 0.5) is 4.79 Å². The van der Waals surface area contributed by atoms with Gasteiger partial charge in [0.2, 0.25) is 5.91 Å². The summed E-state index contributed by atoms with van der Waals surface area (Å²) in [7, 11) is 0. The molecule has 2 N–H and O–H groups in total. The predicted octanol–water partition coefficient (Wildman–Crippen LogP) is 2.14. The lowest BCUT2D eigenvalue weighted by Crippen LogP contribution is -2.52. The van der Waals surface area contributed by atoms with Crippen LogP contribution >= 0.6 is 0 Å². The Morgan fingerprint density at radius 2 is 2.15 bits per heavy atom. The Labute approximate surface area is 159 Å². The second-order valence-corrected chi connectivity index (χ2v) is 7.13. The normalized spacial score (nSPS) is 15.1. The fourth-order valence-electron chi connectivity index (χ4n) is 3.22. The first-order chi connectivity index (χ1) is 12.8. The second kappa shape index (κ2) is 9.21. The number of hydrogen-bond acceptors (Lipinski definition) is 5. The molecule has 0 aliphatic carbocycles. The largest absolute Gasteiger partial charge is 0.361 e. The van der Waals surface area contributed by atoms with Crippen LogP contribution in [0.2, 0.25) is 0 Å². The van der Waals surface area contributed by atoms with Gasteiger partial charge in [-0.2, -0.15) is 5.26 Å². The van der Waals surface area contributed by atoms with E-state index in [1.165, 1.54) is 0 Å². The first kappa shape index (κ1) is 20.5. The minimum absolute atomic E-state index is 0.0729. The van der Waals surface area contributed by atoms with Gasteiger partial charge in [0.1, 0.15) is 18.3 Å². The van der Waals surface area contributed by atoms with Crippen LogP contribution in [0.25, 0.3) is 5.57 Å². The predicted molar refractivity (Wildman–Crippen MR) is 101 cm³/mol. The summed E-state index contributed by atoms with van der Waals surface area (Å²) in [6, 6.07) is 0.945. The average molecular weight is 373 g/mol. The molecule has 0 aromatic carbocycles. The molecule has 8 nitrogen and oxygen atoms in total. The van der Waals surface area contributed by atoms with E-state index >= 15 is 0 Å². The van der Waals surface area contributed by atoms with Crippen LogP contribution in [0.3, 0.4) is 0 Å². The molecule has 1 unspecified atom stereocenters. The number of nitrogens with one attached hydrogen (secondary N) is 2. The molecule has 1 aromatic heterocycles. The van der Waals surface area contributed by atoms with E-state index in [9.17, 15) is 9.59 Å². The van der Waals surface area contributed by atoms with E-state index in [4.69, 9.17) is 9.78 Å². The molecule has 0 bridgehead atoms. The van der Waals surface area contributed by atoms with E-state index < -0.39 is 6.04 Å². The molecular weight excluding hydrogens is 346 g/mol. The van der Waals surface area contributed by atoms with Gasteiger partial charge in [-0.05, 0) is 38.2 Å². The maximum absolute atomic E-state index is 12.6. The van der Waals surface area contributed by atoms with Gasteiger partial charge in [0, 0.05) is 18.7 Å². The van der Waals surface area contributed by atoms with Crippen molar-refractivity contribution in [3.05, 3.63) is 23.1 Å². The van der Waals surface area contributed by atoms with Crippen LogP contribution in [0, 0.1) is 31.1 Å². The summed E-state index contributed by atoms with van der Waals surface area (Å²) in [6.45, 7) is 8.69. The van der Waals surface area contributed by atoms with E-state index in [2.05, 4.69) is 15.8 Å². The lowest BCUT2D eigenvalue weighted by atomic mass is 9.98. The summed E-state index contributed by atoms with van der Waals surface area (Å²) in [4.78, 5) is 26.5. The number of aryl methyl sites for hydroxylation is 2. The van der Waals surface area contributed by atoms with Gasteiger partial charge in [0.25, 0.3) is 0 Å². The molecule has 0 saturated heterocycles. The minimum atomic E-state index is -0.654. The molecule has 0 saturated carbocycles. The smallest absolute Gasteiger partial charge is 0.318 e. The Bertz CT molecular complexity index is 740. The Morgan fingerprint density at radius 1 is 1.41 bits per heavy atom. The lowest BCUT2D eigenvalue weighted by Gasteiger charge is -2.29. The highest BCUT2D eigenvalue weighted by Crippen LogP contribution is 2.27. The van der Waals surface area contributed by atoms with E-state index in [1.54, 1.807) is 4.90 Å². The summed E-state index contributed by atoms with van der Waals surface area (Å²) < 4.78 is 5.22. The molecule has 1 atom stereocenters. The SMILES string of the molecule is Cc1noc(C)c1C1=CCN(C(=O)NC(CC(C)C)C(=O)NCC#N)CC1. The third-order valence-electron chi connectivity index (χ3n) is 4.51. The molecule has 0 radical (unpaired) electrons. The van der Waals surface area contributed by atoms with Crippen molar-refractivity contribution in [3.63, 3.8) is 0 Å². The van der Waals surface area contributed by atoms with Crippen LogP contribution in [0.5, 0.6) is 0 Å². The molecule has 0 spiro atoms. The molecule has 27 heavy (non-hydrogen) atoms. The number of nitriles is 1. The zero-order valence-corrected chi connectivity index (χ0v) is 16.3. The summed E-state index contributed by atoms with van der Waals surface area (Å²) >= 11 is 0. The highest BCUT2D eigenvalue weighted by molar-refractivity contribution is 5.87. The van der Waals surface area contributed by atoms with Crippen molar-refractivity contribution in [2.75, 3.05) is 19.6 Å². The average Bonchev–Trinajstić information content (AvgIpc) is 2.97. The number of urea groups is 1. The van der Waals surface area contributed by atoms with E-state index in [0.29, 0.717) is 25.9 Å². The molecule has 3 amide bonds. The fraction of sp³-hybridized carbons (Fsp3) is 0.579. The molecule has 2 heterocycles. The van der Waals surface area contributed by atoms with E-state index in [-0.39, 0.29) is 24.4 Å². The monoisotopic (exact) mass is 373 g/mol. The van der Waals surface area contributed by atoms with Crippen molar-refractivity contribution in [1.82, 2.24) is 20.7 Å². The zero-order valence-electron chi connectivity index (χ0n) is 16.3. The molecular formula is C19H27N5O3. The zero-order chi connectivity index (χ0) is 20.0. The molecule has 8 heteroatoms. The van der Waals surface area contributed by atoms with Crippen LogP contribution in [-0.2, 0) is 4.79 Å². The third kappa shape index (κ3) is 5.33. The van der Waals surface area contributed by atoms with Gasteiger partial charge in [0.15, 0.2) is 0 Å². The van der Waals surface area contributed by atoms with Gasteiger partial charge in [0.05, 0.1) is 11.8 Å². The quantitative estimate of drug-likeness (QED) is 0.742. The van der Waals surface area contributed by atoms with Crippen LogP contribution in [-0.4, -0.2) is 47.7 Å². The van der Waals surface area contributed by atoms with Crippen LogP contribution in [0.1, 0.15) is 43.7 Å². The first-order valence-electron chi connectivity index (χ1n) is 9.15.